The van der Waals surface area contributed by atoms with E-state index in [9.17, 15) is 5.11 Å². The molecule has 0 aromatic heterocycles. The fraction of sp³-hybridized carbons (Fsp3) is 0.905. The Bertz CT molecular complexity index is 372. The van der Waals surface area contributed by atoms with Crippen molar-refractivity contribution in [2.45, 2.75) is 79.1 Å². The van der Waals surface area contributed by atoms with E-state index in [2.05, 4.69) is 40.3 Å². The minimum absolute atomic E-state index is 0.393. The molecule has 2 rings (SSSR count). The number of aliphatic hydroxyl groups is 1. The molecular weight excluding hydrogens is 268 g/mol. The topological polar surface area (TPSA) is 20.2 Å². The zero-order valence-corrected chi connectivity index (χ0v) is 15.4. The molecule has 2 fully saturated rings. The lowest BCUT2D eigenvalue weighted by Gasteiger charge is -2.59. The zero-order valence-electron chi connectivity index (χ0n) is 15.4. The maximum atomic E-state index is 9.93. The molecule has 0 bridgehead atoms. The Morgan fingerprint density at radius 3 is 2.59 bits per heavy atom. The van der Waals surface area contributed by atoms with Gasteiger partial charge in [0.15, 0.2) is 0 Å². The van der Waals surface area contributed by atoms with Crippen LogP contribution in [0.1, 0.15) is 79.1 Å². The van der Waals surface area contributed by atoms with Crippen molar-refractivity contribution in [2.75, 3.05) is 6.61 Å². The average molecular weight is 307 g/mol. The highest BCUT2D eigenvalue weighted by Gasteiger charge is 2.53. The second-order valence-electron chi connectivity index (χ2n) is 9.17. The van der Waals surface area contributed by atoms with Crippen LogP contribution in [-0.2, 0) is 0 Å². The minimum atomic E-state index is 0.393. The molecule has 0 aliphatic heterocycles. The molecule has 0 radical (unpaired) electrons. The van der Waals surface area contributed by atoms with Crippen LogP contribution in [-0.4, -0.2) is 11.7 Å². The summed E-state index contributed by atoms with van der Waals surface area (Å²) < 4.78 is 0. The molecule has 2 saturated carbocycles. The molecule has 5 unspecified atom stereocenters. The van der Waals surface area contributed by atoms with Gasteiger partial charge >= 0.3 is 0 Å². The third-order valence-corrected chi connectivity index (χ3v) is 7.33. The Kier molecular flexibility index (Phi) is 5.80. The minimum Gasteiger partial charge on any atom is -0.396 e. The molecule has 0 heterocycles. The average Bonchev–Trinajstić information content (AvgIpc) is 2.47. The monoisotopic (exact) mass is 306 g/mol. The summed E-state index contributed by atoms with van der Waals surface area (Å²) in [6, 6.07) is 0. The fourth-order valence-electron chi connectivity index (χ4n) is 6.01. The highest BCUT2D eigenvalue weighted by Crippen LogP contribution is 2.62. The first-order valence-electron chi connectivity index (χ1n) is 9.58. The summed E-state index contributed by atoms with van der Waals surface area (Å²) in [5.74, 6) is 2.72. The summed E-state index contributed by atoms with van der Waals surface area (Å²) in [5.41, 5.74) is 0.935. The van der Waals surface area contributed by atoms with Crippen LogP contribution in [0.25, 0.3) is 0 Å². The van der Waals surface area contributed by atoms with E-state index < -0.39 is 0 Å². The quantitative estimate of drug-likeness (QED) is 0.612. The molecule has 1 nitrogen and oxygen atoms in total. The van der Waals surface area contributed by atoms with Gasteiger partial charge in [0, 0.05) is 6.61 Å². The molecule has 5 atom stereocenters. The fourth-order valence-corrected chi connectivity index (χ4v) is 6.01. The Balaban J connectivity index is 2.12. The maximum absolute atomic E-state index is 9.93. The van der Waals surface area contributed by atoms with Crippen molar-refractivity contribution in [3.8, 4) is 0 Å². The number of hydrogen-bond acceptors (Lipinski definition) is 1. The Labute approximate surface area is 138 Å². The third-order valence-electron chi connectivity index (χ3n) is 7.33. The molecule has 0 amide bonds. The lowest BCUT2D eigenvalue weighted by molar-refractivity contribution is -0.108. The van der Waals surface area contributed by atoms with Gasteiger partial charge in [0.1, 0.15) is 0 Å². The van der Waals surface area contributed by atoms with Crippen molar-refractivity contribution in [3.05, 3.63) is 12.7 Å². The molecule has 0 spiro atoms. The molecule has 2 aliphatic carbocycles. The first kappa shape index (κ1) is 18.0. The number of aliphatic hydroxyl groups excluding tert-OH is 1. The molecule has 0 aromatic rings. The van der Waals surface area contributed by atoms with Crippen LogP contribution in [0.15, 0.2) is 12.7 Å². The van der Waals surface area contributed by atoms with Gasteiger partial charge in [-0.15, -0.1) is 6.58 Å². The first-order chi connectivity index (χ1) is 10.3. The lowest BCUT2D eigenvalue weighted by Crippen LogP contribution is -2.52. The van der Waals surface area contributed by atoms with Crippen molar-refractivity contribution < 1.29 is 5.11 Å². The number of fused-ring (bicyclic) bond motifs is 1. The van der Waals surface area contributed by atoms with Gasteiger partial charge in [-0.05, 0) is 73.0 Å². The van der Waals surface area contributed by atoms with Gasteiger partial charge in [-0.3, -0.25) is 0 Å². The van der Waals surface area contributed by atoms with E-state index in [0.29, 0.717) is 35.2 Å². The van der Waals surface area contributed by atoms with E-state index in [1.807, 2.05) is 0 Å². The van der Waals surface area contributed by atoms with Gasteiger partial charge in [-0.25, -0.2) is 0 Å². The standard InChI is InChI=1S/C21H38O/c1-6-16(2)9-7-10-18-17(15-22)11-12-19-20(3,4)13-8-14-21(18,19)5/h6,16-19,22H,1,7-15H2,2-5H3. The molecule has 22 heavy (non-hydrogen) atoms. The van der Waals surface area contributed by atoms with Crippen LogP contribution >= 0.6 is 0 Å². The van der Waals surface area contributed by atoms with Gasteiger partial charge in [-0.2, -0.15) is 0 Å². The normalized spacial score (nSPS) is 39.0. The van der Waals surface area contributed by atoms with Gasteiger partial charge in [0.2, 0.25) is 0 Å². The van der Waals surface area contributed by atoms with Crippen LogP contribution in [0.4, 0.5) is 0 Å². The van der Waals surface area contributed by atoms with Crippen molar-refractivity contribution in [3.63, 3.8) is 0 Å². The van der Waals surface area contributed by atoms with E-state index in [1.54, 1.807) is 0 Å². The molecular formula is C21H38O. The first-order valence-corrected chi connectivity index (χ1v) is 9.58. The Morgan fingerprint density at radius 2 is 1.95 bits per heavy atom. The predicted octanol–water partition coefficient (Wildman–Crippen LogP) is 5.83. The van der Waals surface area contributed by atoms with Crippen molar-refractivity contribution >= 4 is 0 Å². The highest BCUT2D eigenvalue weighted by molar-refractivity contribution is 5.03. The van der Waals surface area contributed by atoms with Crippen LogP contribution in [0, 0.1) is 34.5 Å². The lowest BCUT2D eigenvalue weighted by atomic mass is 9.46. The summed E-state index contributed by atoms with van der Waals surface area (Å²) >= 11 is 0. The van der Waals surface area contributed by atoms with Gasteiger partial charge in [0.05, 0.1) is 0 Å². The van der Waals surface area contributed by atoms with E-state index in [-0.39, 0.29) is 0 Å². The number of allylic oxidation sites excluding steroid dienone is 1. The van der Waals surface area contributed by atoms with Crippen molar-refractivity contribution in [1.82, 2.24) is 0 Å². The predicted molar refractivity (Wildman–Crippen MR) is 95.7 cm³/mol. The van der Waals surface area contributed by atoms with Crippen molar-refractivity contribution in [2.24, 2.45) is 34.5 Å². The SMILES string of the molecule is C=CC(C)CCCC1C(CO)CCC2C(C)(C)CCCC12C. The molecule has 2 aliphatic rings. The van der Waals surface area contributed by atoms with E-state index in [4.69, 9.17) is 0 Å². The van der Waals surface area contributed by atoms with E-state index in [1.165, 1.54) is 51.4 Å². The summed E-state index contributed by atoms with van der Waals surface area (Å²) in [6.45, 7) is 14.1. The smallest absolute Gasteiger partial charge is 0.0462 e. The van der Waals surface area contributed by atoms with Crippen LogP contribution < -0.4 is 0 Å². The molecule has 1 N–H and O–H groups in total. The van der Waals surface area contributed by atoms with Crippen LogP contribution in [0.5, 0.6) is 0 Å². The Hall–Kier alpha value is -0.300. The zero-order chi connectivity index (χ0) is 16.4. The van der Waals surface area contributed by atoms with E-state index >= 15 is 0 Å². The Morgan fingerprint density at radius 1 is 1.23 bits per heavy atom. The van der Waals surface area contributed by atoms with Crippen molar-refractivity contribution in [1.29, 1.82) is 0 Å². The summed E-state index contributed by atoms with van der Waals surface area (Å²) in [6.07, 6.45) is 12.6. The summed E-state index contributed by atoms with van der Waals surface area (Å²) in [4.78, 5) is 0. The van der Waals surface area contributed by atoms with Gasteiger partial charge in [0.25, 0.3) is 0 Å². The second-order valence-corrected chi connectivity index (χ2v) is 9.17. The molecule has 0 aromatic carbocycles. The molecule has 128 valence electrons. The molecule has 0 saturated heterocycles. The number of rotatable bonds is 6. The van der Waals surface area contributed by atoms with Gasteiger partial charge in [-0.1, -0.05) is 46.6 Å². The van der Waals surface area contributed by atoms with Crippen LogP contribution in [0.3, 0.4) is 0 Å². The number of hydrogen-bond donors (Lipinski definition) is 1. The third kappa shape index (κ3) is 3.45. The van der Waals surface area contributed by atoms with Gasteiger partial charge < -0.3 is 5.11 Å². The van der Waals surface area contributed by atoms with Crippen LogP contribution in [0.2, 0.25) is 0 Å². The van der Waals surface area contributed by atoms with E-state index in [0.717, 1.165) is 5.92 Å². The summed E-state index contributed by atoms with van der Waals surface area (Å²) in [5, 5.41) is 9.93. The second kappa shape index (κ2) is 7.07. The largest absolute Gasteiger partial charge is 0.396 e. The molecule has 1 heteroatoms. The highest BCUT2D eigenvalue weighted by atomic mass is 16.3. The maximum Gasteiger partial charge on any atom is 0.0462 e. The summed E-state index contributed by atoms with van der Waals surface area (Å²) in [7, 11) is 0.